The first kappa shape index (κ1) is 18.0. The normalized spacial score (nSPS) is 11.5. The topological polar surface area (TPSA) is 67.4 Å². The van der Waals surface area contributed by atoms with Gasteiger partial charge in [-0.1, -0.05) is 35.3 Å². The Morgan fingerprint density at radius 1 is 1.12 bits per heavy atom. The second kappa shape index (κ2) is 7.99. The molecule has 2 aromatic carbocycles. The van der Waals surface area contributed by atoms with Crippen molar-refractivity contribution in [1.29, 1.82) is 0 Å². The van der Waals surface area contributed by atoms with Crippen molar-refractivity contribution in [2.75, 3.05) is 0 Å². The number of hydrogen-bond donors (Lipinski definition) is 2. The number of hydrazine groups is 1. The predicted molar refractivity (Wildman–Crippen MR) is 88.6 cm³/mol. The van der Waals surface area contributed by atoms with E-state index in [4.69, 9.17) is 27.9 Å². The first-order chi connectivity index (χ1) is 11.4. The summed E-state index contributed by atoms with van der Waals surface area (Å²) < 4.78 is 18.7. The molecule has 0 radical (unpaired) electrons. The standard InChI is InChI=1S/C16H13Cl2FN2O3/c1-9(24-14-5-3-2-4-13(14)19)15(22)20-21-16(23)11-7-6-10(17)8-12(11)18/h2-9H,1H3,(H,20,22)(H,21,23). The van der Waals surface area contributed by atoms with Crippen molar-refractivity contribution < 1.29 is 18.7 Å². The molecule has 0 aliphatic carbocycles. The monoisotopic (exact) mass is 370 g/mol. The highest BCUT2D eigenvalue weighted by Gasteiger charge is 2.18. The minimum Gasteiger partial charge on any atom is -0.478 e. The predicted octanol–water partition coefficient (Wildman–Crippen LogP) is 3.36. The zero-order valence-corrected chi connectivity index (χ0v) is 14.0. The van der Waals surface area contributed by atoms with E-state index < -0.39 is 23.7 Å². The van der Waals surface area contributed by atoms with Gasteiger partial charge < -0.3 is 4.74 Å². The Kier molecular flexibility index (Phi) is 6.00. The lowest BCUT2D eigenvalue weighted by Gasteiger charge is -2.15. The summed E-state index contributed by atoms with van der Waals surface area (Å²) in [7, 11) is 0. The molecule has 0 fully saturated rings. The molecule has 2 N–H and O–H groups in total. The van der Waals surface area contributed by atoms with Crippen LogP contribution in [0.3, 0.4) is 0 Å². The van der Waals surface area contributed by atoms with E-state index in [1.165, 1.54) is 43.3 Å². The van der Waals surface area contributed by atoms with Crippen molar-refractivity contribution in [1.82, 2.24) is 10.9 Å². The molecule has 8 heteroatoms. The van der Waals surface area contributed by atoms with E-state index in [1.54, 1.807) is 6.07 Å². The highest BCUT2D eigenvalue weighted by molar-refractivity contribution is 6.36. The third-order valence-electron chi connectivity index (χ3n) is 2.98. The number of hydrogen-bond acceptors (Lipinski definition) is 3. The third kappa shape index (κ3) is 4.59. The molecule has 126 valence electrons. The molecule has 0 aromatic heterocycles. The molecule has 5 nitrogen and oxygen atoms in total. The zero-order valence-electron chi connectivity index (χ0n) is 12.5. The van der Waals surface area contributed by atoms with Crippen molar-refractivity contribution in [3.05, 3.63) is 63.9 Å². The SMILES string of the molecule is CC(Oc1ccccc1F)C(=O)NNC(=O)c1ccc(Cl)cc1Cl. The van der Waals surface area contributed by atoms with Crippen LogP contribution in [-0.4, -0.2) is 17.9 Å². The van der Waals surface area contributed by atoms with Gasteiger partial charge in [0.05, 0.1) is 10.6 Å². The van der Waals surface area contributed by atoms with Gasteiger partial charge in [-0.3, -0.25) is 20.4 Å². The summed E-state index contributed by atoms with van der Waals surface area (Å²) >= 11 is 11.7. The molecule has 0 spiro atoms. The molecule has 1 unspecified atom stereocenters. The maximum absolute atomic E-state index is 13.5. The first-order valence-corrected chi connectivity index (χ1v) is 7.60. The fourth-order valence-corrected chi connectivity index (χ4v) is 2.24. The molecule has 0 aliphatic rings. The smallest absolute Gasteiger partial charge is 0.279 e. The van der Waals surface area contributed by atoms with Crippen LogP contribution < -0.4 is 15.6 Å². The summed E-state index contributed by atoms with van der Waals surface area (Å²) in [6.45, 7) is 1.42. The Morgan fingerprint density at radius 2 is 1.83 bits per heavy atom. The highest BCUT2D eigenvalue weighted by Crippen LogP contribution is 2.20. The Hall–Kier alpha value is -2.31. The van der Waals surface area contributed by atoms with E-state index in [1.807, 2.05) is 0 Å². The molecule has 0 saturated carbocycles. The van der Waals surface area contributed by atoms with Crippen molar-refractivity contribution in [2.45, 2.75) is 13.0 Å². The zero-order chi connectivity index (χ0) is 17.7. The number of para-hydroxylation sites is 1. The summed E-state index contributed by atoms with van der Waals surface area (Å²) in [6, 6.07) is 10.0. The quantitative estimate of drug-likeness (QED) is 0.810. The fraction of sp³-hybridized carbons (Fsp3) is 0.125. The van der Waals surface area contributed by atoms with Gasteiger partial charge in [-0.15, -0.1) is 0 Å². The van der Waals surface area contributed by atoms with Gasteiger partial charge in [0.15, 0.2) is 17.7 Å². The summed E-state index contributed by atoms with van der Waals surface area (Å²) in [6.07, 6.45) is -1.03. The van der Waals surface area contributed by atoms with Crippen LogP contribution in [0.2, 0.25) is 10.0 Å². The van der Waals surface area contributed by atoms with Gasteiger partial charge >= 0.3 is 0 Å². The Morgan fingerprint density at radius 3 is 2.50 bits per heavy atom. The number of halogens is 3. The summed E-state index contributed by atoms with van der Waals surface area (Å²) in [5, 5.41) is 0.525. The molecule has 1 atom stereocenters. The number of amides is 2. The molecule has 0 bridgehead atoms. The number of rotatable bonds is 4. The van der Waals surface area contributed by atoms with Gasteiger partial charge in [-0.25, -0.2) is 4.39 Å². The number of benzene rings is 2. The lowest BCUT2D eigenvalue weighted by Crippen LogP contribution is -2.47. The van der Waals surface area contributed by atoms with Crippen molar-refractivity contribution in [2.24, 2.45) is 0 Å². The van der Waals surface area contributed by atoms with Crippen LogP contribution in [0, 0.1) is 5.82 Å². The second-order valence-corrected chi connectivity index (χ2v) is 5.60. The maximum Gasteiger partial charge on any atom is 0.279 e. The average Bonchev–Trinajstić information content (AvgIpc) is 2.54. The van der Waals surface area contributed by atoms with Crippen molar-refractivity contribution >= 4 is 35.0 Å². The van der Waals surface area contributed by atoms with E-state index in [-0.39, 0.29) is 16.3 Å². The number of nitrogens with one attached hydrogen (secondary N) is 2. The van der Waals surface area contributed by atoms with Crippen LogP contribution in [0.4, 0.5) is 4.39 Å². The van der Waals surface area contributed by atoms with Gasteiger partial charge in [0.2, 0.25) is 0 Å². The van der Waals surface area contributed by atoms with Gasteiger partial charge in [-0.2, -0.15) is 0 Å². The van der Waals surface area contributed by atoms with E-state index in [9.17, 15) is 14.0 Å². The van der Waals surface area contributed by atoms with Crippen LogP contribution in [0.5, 0.6) is 5.75 Å². The second-order valence-electron chi connectivity index (χ2n) is 4.76. The van der Waals surface area contributed by atoms with Crippen LogP contribution in [0.25, 0.3) is 0 Å². The minimum absolute atomic E-state index is 0.0628. The van der Waals surface area contributed by atoms with Gasteiger partial charge in [0.1, 0.15) is 0 Å². The largest absolute Gasteiger partial charge is 0.478 e. The number of ether oxygens (including phenoxy) is 1. The van der Waals surface area contributed by atoms with E-state index in [0.29, 0.717) is 5.02 Å². The third-order valence-corrected chi connectivity index (χ3v) is 3.53. The summed E-state index contributed by atoms with van der Waals surface area (Å²) in [4.78, 5) is 23.9. The summed E-state index contributed by atoms with van der Waals surface area (Å²) in [5.74, 6) is -1.93. The molecule has 24 heavy (non-hydrogen) atoms. The van der Waals surface area contributed by atoms with Crippen LogP contribution in [0.15, 0.2) is 42.5 Å². The first-order valence-electron chi connectivity index (χ1n) is 6.85. The maximum atomic E-state index is 13.5. The lowest BCUT2D eigenvalue weighted by atomic mass is 10.2. The average molecular weight is 371 g/mol. The molecule has 0 aliphatic heterocycles. The van der Waals surface area contributed by atoms with Crippen LogP contribution in [0.1, 0.15) is 17.3 Å². The fourth-order valence-electron chi connectivity index (χ4n) is 1.75. The number of carbonyl (C=O) groups excluding carboxylic acids is 2. The molecular formula is C16H13Cl2FN2O3. The van der Waals surface area contributed by atoms with E-state index >= 15 is 0 Å². The van der Waals surface area contributed by atoms with Crippen molar-refractivity contribution in [3.63, 3.8) is 0 Å². The van der Waals surface area contributed by atoms with Gasteiger partial charge in [-0.05, 0) is 37.3 Å². The summed E-state index contributed by atoms with van der Waals surface area (Å²) in [5.41, 5.74) is 4.53. The molecule has 2 aromatic rings. The lowest BCUT2D eigenvalue weighted by molar-refractivity contribution is -0.128. The van der Waals surface area contributed by atoms with Crippen molar-refractivity contribution in [3.8, 4) is 5.75 Å². The molecule has 0 saturated heterocycles. The Balaban J connectivity index is 1.92. The van der Waals surface area contributed by atoms with Gasteiger partial charge in [0.25, 0.3) is 11.8 Å². The minimum atomic E-state index is -1.03. The molecule has 2 rings (SSSR count). The van der Waals surface area contributed by atoms with E-state index in [0.717, 1.165) is 0 Å². The van der Waals surface area contributed by atoms with Gasteiger partial charge in [0, 0.05) is 5.02 Å². The van der Waals surface area contributed by atoms with Crippen LogP contribution in [-0.2, 0) is 4.79 Å². The highest BCUT2D eigenvalue weighted by atomic mass is 35.5. The van der Waals surface area contributed by atoms with E-state index in [2.05, 4.69) is 10.9 Å². The molecular weight excluding hydrogens is 358 g/mol. The number of carbonyl (C=O) groups is 2. The Bertz CT molecular complexity index is 771. The Labute approximate surface area is 147 Å². The molecule has 2 amide bonds. The van der Waals surface area contributed by atoms with Crippen LogP contribution >= 0.6 is 23.2 Å². The molecule has 0 heterocycles.